The van der Waals surface area contributed by atoms with Crippen molar-refractivity contribution in [2.75, 3.05) is 20.4 Å². The zero-order valence-electron chi connectivity index (χ0n) is 10.9. The summed E-state index contributed by atoms with van der Waals surface area (Å²) in [6.45, 7) is 5.10. The molecule has 0 saturated heterocycles. The molecule has 0 radical (unpaired) electrons. The third kappa shape index (κ3) is 3.52. The monoisotopic (exact) mass is 267 g/mol. The molecular weight excluding hydrogens is 245 g/mol. The number of hydrogen-bond acceptors (Lipinski definition) is 4. The lowest BCUT2D eigenvalue weighted by Gasteiger charge is -2.33. The Kier molecular flexibility index (Phi) is 6.94. The Balaban J connectivity index is 5.14. The molecule has 0 aromatic rings. The average molecular weight is 267 g/mol. The van der Waals surface area contributed by atoms with Crippen LogP contribution in [0.4, 0.5) is 0 Å². The minimum absolute atomic E-state index is 0.00666. The van der Waals surface area contributed by atoms with Gasteiger partial charge < -0.3 is 19.5 Å². The van der Waals surface area contributed by atoms with Crippen LogP contribution in [0.15, 0.2) is 0 Å². The molecule has 7 heteroatoms. The molecule has 0 aliphatic carbocycles. The Labute approximate surface area is 102 Å². The largest absolute Gasteiger partial charge is 0.364 e. The van der Waals surface area contributed by atoms with Crippen molar-refractivity contribution in [3.8, 4) is 0 Å². The molecular formula is C10H22NO5P. The molecule has 0 saturated carbocycles. The van der Waals surface area contributed by atoms with E-state index in [1.54, 1.807) is 20.8 Å². The predicted octanol–water partition coefficient (Wildman–Crippen LogP) is 1.49. The number of rotatable bonds is 8. The van der Waals surface area contributed by atoms with Gasteiger partial charge in [-0.15, -0.1) is 0 Å². The second kappa shape index (κ2) is 7.11. The molecule has 17 heavy (non-hydrogen) atoms. The molecule has 0 aromatic heterocycles. The zero-order chi connectivity index (χ0) is 13.5. The Morgan fingerprint density at radius 1 is 1.35 bits per heavy atom. The van der Waals surface area contributed by atoms with Gasteiger partial charge in [-0.05, 0) is 19.8 Å². The number of amides is 1. The smallest absolute Gasteiger partial charge is 0.343 e. The van der Waals surface area contributed by atoms with Gasteiger partial charge in [0.25, 0.3) is 0 Å². The normalized spacial score (nSPS) is 15.4. The number of carbonyl (C=O) groups excluding carboxylic acids is 1. The molecule has 6 nitrogen and oxygen atoms in total. The van der Waals surface area contributed by atoms with E-state index in [1.165, 1.54) is 7.11 Å². The summed E-state index contributed by atoms with van der Waals surface area (Å²) in [6.07, 6.45) is 0.458. The van der Waals surface area contributed by atoms with Crippen molar-refractivity contribution in [2.45, 2.75) is 38.8 Å². The van der Waals surface area contributed by atoms with Crippen molar-refractivity contribution in [3.05, 3.63) is 0 Å². The highest BCUT2D eigenvalue weighted by Gasteiger charge is 2.52. The first-order chi connectivity index (χ1) is 7.91. The van der Waals surface area contributed by atoms with E-state index in [1.807, 2.05) is 0 Å². The van der Waals surface area contributed by atoms with Gasteiger partial charge in [-0.3, -0.25) is 9.36 Å². The second-order valence-electron chi connectivity index (χ2n) is 3.62. The van der Waals surface area contributed by atoms with Gasteiger partial charge in [-0.2, -0.15) is 0 Å². The molecule has 1 amide bonds. The maximum Gasteiger partial charge on any atom is 0.343 e. The summed E-state index contributed by atoms with van der Waals surface area (Å²) in [4.78, 5) is 21.9. The topological polar surface area (TPSA) is 84.9 Å². The van der Waals surface area contributed by atoms with Crippen LogP contribution in [0.3, 0.4) is 0 Å². The fraction of sp³-hybridized carbons (Fsp3) is 0.900. The third-order valence-electron chi connectivity index (χ3n) is 2.81. The Hall–Kier alpha value is -0.420. The molecule has 0 aromatic carbocycles. The van der Waals surface area contributed by atoms with E-state index in [0.29, 0.717) is 0 Å². The predicted molar refractivity (Wildman–Crippen MR) is 64.8 cm³/mol. The van der Waals surface area contributed by atoms with Crippen LogP contribution in [0.1, 0.15) is 33.6 Å². The number of methoxy groups -OCH3 is 1. The van der Waals surface area contributed by atoms with Gasteiger partial charge in [-0.1, -0.05) is 13.8 Å². The van der Waals surface area contributed by atoms with E-state index in [9.17, 15) is 14.3 Å². The van der Waals surface area contributed by atoms with Crippen LogP contribution in [-0.2, 0) is 18.6 Å². The third-order valence-corrected chi connectivity index (χ3v) is 5.34. The van der Waals surface area contributed by atoms with Crippen molar-refractivity contribution in [1.29, 1.82) is 0 Å². The quantitative estimate of drug-likeness (QED) is 0.514. The maximum absolute atomic E-state index is 12.1. The van der Waals surface area contributed by atoms with E-state index < -0.39 is 18.7 Å². The highest BCUT2D eigenvalue weighted by Crippen LogP contribution is 2.58. The number of hydrogen-bond donors (Lipinski definition) is 2. The van der Waals surface area contributed by atoms with Gasteiger partial charge in [0.15, 0.2) is 0 Å². The molecule has 0 aliphatic rings. The number of nitrogens with one attached hydrogen (secondary N) is 1. The first-order valence-electron chi connectivity index (χ1n) is 5.66. The Morgan fingerprint density at radius 2 is 1.88 bits per heavy atom. The standard InChI is InChI=1S/C10H22NO5P/c1-5-10(6-2,9(12)11-8-15-4)17(13,14)16-7-3/h5-8H2,1-4H3,(H,11,12)(H,13,14). The summed E-state index contributed by atoms with van der Waals surface area (Å²) >= 11 is 0. The first kappa shape index (κ1) is 16.6. The van der Waals surface area contributed by atoms with E-state index in [4.69, 9.17) is 9.26 Å². The summed E-state index contributed by atoms with van der Waals surface area (Å²) in [5, 5.41) is 1.06. The highest BCUT2D eigenvalue weighted by atomic mass is 31.2. The first-order valence-corrected chi connectivity index (χ1v) is 7.24. The highest BCUT2D eigenvalue weighted by molar-refractivity contribution is 7.55. The van der Waals surface area contributed by atoms with Crippen molar-refractivity contribution in [3.63, 3.8) is 0 Å². The number of carbonyl (C=O) groups is 1. The number of ether oxygens (including phenoxy) is 1. The van der Waals surface area contributed by atoms with Gasteiger partial charge in [0, 0.05) is 7.11 Å². The minimum Gasteiger partial charge on any atom is -0.364 e. The van der Waals surface area contributed by atoms with E-state index >= 15 is 0 Å². The zero-order valence-corrected chi connectivity index (χ0v) is 11.8. The lowest BCUT2D eigenvalue weighted by atomic mass is 10.0. The second-order valence-corrected chi connectivity index (χ2v) is 5.77. The van der Waals surface area contributed by atoms with Crippen molar-refractivity contribution in [1.82, 2.24) is 5.32 Å². The summed E-state index contributed by atoms with van der Waals surface area (Å²) < 4.78 is 21.7. The van der Waals surface area contributed by atoms with Crippen molar-refractivity contribution < 1.29 is 23.5 Å². The molecule has 0 heterocycles. The minimum atomic E-state index is -4.00. The van der Waals surface area contributed by atoms with Gasteiger partial charge >= 0.3 is 7.60 Å². The molecule has 0 fully saturated rings. The van der Waals surface area contributed by atoms with Crippen LogP contribution in [-0.4, -0.2) is 36.4 Å². The molecule has 1 atom stereocenters. The van der Waals surface area contributed by atoms with Crippen molar-refractivity contribution >= 4 is 13.5 Å². The van der Waals surface area contributed by atoms with E-state index in [2.05, 4.69) is 5.32 Å². The molecule has 0 bridgehead atoms. The molecule has 2 N–H and O–H groups in total. The van der Waals surface area contributed by atoms with Crippen molar-refractivity contribution in [2.24, 2.45) is 0 Å². The van der Waals surface area contributed by atoms with Crippen LogP contribution < -0.4 is 5.32 Å². The van der Waals surface area contributed by atoms with E-state index in [0.717, 1.165) is 0 Å². The van der Waals surface area contributed by atoms with Crippen LogP contribution in [0.2, 0.25) is 0 Å². The Bertz CT molecular complexity index is 290. The molecule has 0 rings (SSSR count). The lowest BCUT2D eigenvalue weighted by molar-refractivity contribution is -0.126. The van der Waals surface area contributed by atoms with Gasteiger partial charge in [-0.25, -0.2) is 0 Å². The SMILES string of the molecule is CCOP(=O)(O)C(CC)(CC)C(=O)NCOC. The average Bonchev–Trinajstić information content (AvgIpc) is 2.28. The molecule has 0 aliphatic heterocycles. The lowest BCUT2D eigenvalue weighted by Crippen LogP contribution is -2.46. The van der Waals surface area contributed by atoms with E-state index in [-0.39, 0.29) is 26.2 Å². The fourth-order valence-electron chi connectivity index (χ4n) is 1.70. The molecule has 102 valence electrons. The van der Waals surface area contributed by atoms with Gasteiger partial charge in [0.2, 0.25) is 5.91 Å². The van der Waals surface area contributed by atoms with Crippen LogP contribution >= 0.6 is 7.60 Å². The summed E-state index contributed by atoms with van der Waals surface area (Å²) in [6, 6.07) is 0. The van der Waals surface area contributed by atoms with Gasteiger partial charge in [0.1, 0.15) is 11.9 Å². The van der Waals surface area contributed by atoms with Crippen LogP contribution in [0.5, 0.6) is 0 Å². The summed E-state index contributed by atoms with van der Waals surface area (Å²) in [7, 11) is -2.57. The molecule has 1 unspecified atom stereocenters. The van der Waals surface area contributed by atoms with Crippen LogP contribution in [0.25, 0.3) is 0 Å². The summed E-state index contributed by atoms with van der Waals surface area (Å²) in [5.41, 5.74) is 0. The summed E-state index contributed by atoms with van der Waals surface area (Å²) in [5.74, 6) is -0.511. The van der Waals surface area contributed by atoms with Gasteiger partial charge in [0.05, 0.1) is 6.61 Å². The molecule has 0 spiro atoms. The van der Waals surface area contributed by atoms with Crippen LogP contribution in [0, 0.1) is 0 Å². The Morgan fingerprint density at radius 3 is 2.24 bits per heavy atom. The maximum atomic E-state index is 12.1. The fourth-order valence-corrected chi connectivity index (χ4v) is 3.43.